The molecule has 3 atom stereocenters. The number of carbonyl (C=O) groups is 3. The molecule has 2 unspecified atom stereocenters. The molecule has 0 spiro atoms. The molecule has 0 bridgehead atoms. The second kappa shape index (κ2) is 13.4. The molecule has 3 amide bonds. The fourth-order valence-corrected chi connectivity index (χ4v) is 5.11. The van der Waals surface area contributed by atoms with Crippen molar-refractivity contribution in [3.8, 4) is 0 Å². The van der Waals surface area contributed by atoms with Gasteiger partial charge in [0.2, 0.25) is 18.2 Å². The molecule has 1 aliphatic rings. The van der Waals surface area contributed by atoms with Gasteiger partial charge in [0.05, 0.1) is 6.10 Å². The fourth-order valence-electron chi connectivity index (χ4n) is 5.11. The first-order chi connectivity index (χ1) is 17.4. The Morgan fingerprint density at radius 2 is 1.86 bits per heavy atom. The van der Waals surface area contributed by atoms with Crippen molar-refractivity contribution < 1.29 is 19.5 Å². The first-order valence-electron chi connectivity index (χ1n) is 13.0. The number of aliphatic hydroxyl groups excluding tert-OH is 1. The Kier molecular flexibility index (Phi) is 10.3. The summed E-state index contributed by atoms with van der Waals surface area (Å²) in [5.41, 5.74) is 0.923. The quantitative estimate of drug-likeness (QED) is 0.370. The van der Waals surface area contributed by atoms with E-state index in [9.17, 15) is 19.5 Å². The van der Waals surface area contributed by atoms with E-state index in [1.807, 2.05) is 56.3 Å². The Labute approximate surface area is 214 Å². The SMILES string of the molecule is CCC(CC)C(=O)N1CCCC1N(C=O)[C@H](Cc1ccc2ccccc2c1)C(=O)NCC(O)CNC. The summed E-state index contributed by atoms with van der Waals surface area (Å²) < 4.78 is 0. The summed E-state index contributed by atoms with van der Waals surface area (Å²) >= 11 is 0. The molecular weight excluding hydrogens is 456 g/mol. The van der Waals surface area contributed by atoms with Crippen LogP contribution in [-0.2, 0) is 20.8 Å². The van der Waals surface area contributed by atoms with E-state index in [1.165, 1.54) is 4.90 Å². The van der Waals surface area contributed by atoms with Gasteiger partial charge in [-0.2, -0.15) is 0 Å². The van der Waals surface area contributed by atoms with Gasteiger partial charge in [-0.3, -0.25) is 14.4 Å². The maximum absolute atomic E-state index is 13.5. The lowest BCUT2D eigenvalue weighted by molar-refractivity contribution is -0.147. The Morgan fingerprint density at radius 3 is 2.53 bits per heavy atom. The summed E-state index contributed by atoms with van der Waals surface area (Å²) in [5, 5.41) is 18.0. The molecule has 1 fully saturated rings. The van der Waals surface area contributed by atoms with Gasteiger partial charge in [0, 0.05) is 32.0 Å². The van der Waals surface area contributed by atoms with E-state index in [2.05, 4.69) is 10.6 Å². The maximum atomic E-state index is 13.5. The molecule has 1 saturated heterocycles. The van der Waals surface area contributed by atoms with Crippen molar-refractivity contribution >= 4 is 29.0 Å². The minimum absolute atomic E-state index is 0.0451. The van der Waals surface area contributed by atoms with E-state index in [0.29, 0.717) is 32.3 Å². The highest BCUT2D eigenvalue weighted by molar-refractivity contribution is 5.86. The van der Waals surface area contributed by atoms with E-state index < -0.39 is 18.3 Å². The molecule has 0 radical (unpaired) electrons. The molecule has 8 nitrogen and oxygen atoms in total. The number of likely N-dealkylation sites (tertiary alicyclic amines) is 1. The number of likely N-dealkylation sites (N-methyl/N-ethyl adjacent to an activating group) is 1. The minimum atomic E-state index is -0.814. The first-order valence-corrected chi connectivity index (χ1v) is 13.0. The van der Waals surface area contributed by atoms with Crippen molar-refractivity contribution in [3.05, 3.63) is 48.0 Å². The number of fused-ring (bicyclic) bond motifs is 1. The number of aliphatic hydroxyl groups is 1. The number of carbonyl (C=O) groups excluding carboxylic acids is 3. The number of hydrogen-bond donors (Lipinski definition) is 3. The summed E-state index contributed by atoms with van der Waals surface area (Å²) in [6, 6.07) is 13.2. The molecule has 2 aromatic carbocycles. The summed E-state index contributed by atoms with van der Waals surface area (Å²) in [5.74, 6) is -0.389. The fraction of sp³-hybridized carbons (Fsp3) is 0.536. The summed E-state index contributed by atoms with van der Waals surface area (Å²) in [6.07, 6.45) is 2.70. The number of nitrogens with zero attached hydrogens (tertiary/aromatic N) is 2. The largest absolute Gasteiger partial charge is 0.390 e. The van der Waals surface area contributed by atoms with Crippen molar-refractivity contribution in [1.82, 2.24) is 20.4 Å². The number of hydrogen-bond acceptors (Lipinski definition) is 5. The van der Waals surface area contributed by atoms with Gasteiger partial charge in [0.25, 0.3) is 0 Å². The molecule has 3 N–H and O–H groups in total. The summed E-state index contributed by atoms with van der Waals surface area (Å²) in [4.78, 5) is 42.5. The summed E-state index contributed by atoms with van der Waals surface area (Å²) in [7, 11) is 1.73. The third-order valence-electron chi connectivity index (χ3n) is 7.16. The van der Waals surface area contributed by atoms with Crippen LogP contribution in [-0.4, -0.2) is 78.1 Å². The van der Waals surface area contributed by atoms with E-state index in [4.69, 9.17) is 0 Å². The van der Waals surface area contributed by atoms with Crippen LogP contribution in [0.1, 0.15) is 45.1 Å². The molecule has 8 heteroatoms. The van der Waals surface area contributed by atoms with Gasteiger partial charge in [-0.25, -0.2) is 0 Å². The normalized spacial score (nSPS) is 17.2. The Bertz CT molecular complexity index is 1030. The average Bonchev–Trinajstić information content (AvgIpc) is 3.37. The predicted octanol–water partition coefficient (Wildman–Crippen LogP) is 2.29. The zero-order valence-corrected chi connectivity index (χ0v) is 21.7. The van der Waals surface area contributed by atoms with Crippen molar-refractivity contribution in [2.24, 2.45) is 5.92 Å². The zero-order chi connectivity index (χ0) is 26.1. The van der Waals surface area contributed by atoms with Crippen molar-refractivity contribution in [1.29, 1.82) is 0 Å². The highest BCUT2D eigenvalue weighted by Gasteiger charge is 2.39. The molecule has 0 aliphatic carbocycles. The molecule has 3 rings (SSSR count). The van der Waals surface area contributed by atoms with Crippen LogP contribution in [0.25, 0.3) is 10.8 Å². The van der Waals surface area contributed by atoms with Crippen LogP contribution in [0.4, 0.5) is 0 Å². The lowest BCUT2D eigenvalue weighted by Crippen LogP contribution is -2.57. The number of amides is 3. The van der Waals surface area contributed by atoms with E-state index >= 15 is 0 Å². The Hall–Kier alpha value is -2.97. The lowest BCUT2D eigenvalue weighted by atomic mass is 9.99. The second-order valence-electron chi connectivity index (χ2n) is 9.58. The van der Waals surface area contributed by atoms with Crippen molar-refractivity contribution in [2.45, 2.75) is 64.3 Å². The Balaban J connectivity index is 1.89. The van der Waals surface area contributed by atoms with Gasteiger partial charge in [0.15, 0.2) is 0 Å². The third kappa shape index (κ3) is 6.62. The number of benzene rings is 2. The molecule has 0 saturated carbocycles. The summed E-state index contributed by atoms with van der Waals surface area (Å²) in [6.45, 7) is 4.99. The molecule has 1 aliphatic heterocycles. The minimum Gasteiger partial charge on any atom is -0.390 e. The van der Waals surface area contributed by atoms with Crippen LogP contribution in [0.3, 0.4) is 0 Å². The molecule has 0 aromatic heterocycles. The highest BCUT2D eigenvalue weighted by atomic mass is 16.3. The standard InChI is InChI=1S/C28H40N4O4/c1-4-21(5-2)28(36)31-14-8-11-26(31)32(19-33)25(27(35)30-18-24(34)17-29-3)16-20-12-13-22-9-6-7-10-23(22)15-20/h6-7,9-10,12-13,15,19,21,24-26,29,34H,4-5,8,11,14,16-18H2,1-3H3,(H,30,35)/t24?,25-,26?/m1/s1. The maximum Gasteiger partial charge on any atom is 0.243 e. The number of rotatable bonds is 13. The van der Waals surface area contributed by atoms with Gasteiger partial charge < -0.3 is 25.5 Å². The molecule has 1 heterocycles. The van der Waals surface area contributed by atoms with Crippen LogP contribution in [0.2, 0.25) is 0 Å². The molecule has 36 heavy (non-hydrogen) atoms. The van der Waals surface area contributed by atoms with Crippen LogP contribution < -0.4 is 10.6 Å². The van der Waals surface area contributed by atoms with Crippen LogP contribution in [0, 0.1) is 5.92 Å². The number of nitrogens with one attached hydrogen (secondary N) is 2. The van der Waals surface area contributed by atoms with Crippen molar-refractivity contribution in [3.63, 3.8) is 0 Å². The van der Waals surface area contributed by atoms with Gasteiger partial charge >= 0.3 is 0 Å². The Morgan fingerprint density at radius 1 is 1.14 bits per heavy atom. The van der Waals surface area contributed by atoms with Crippen LogP contribution in [0.15, 0.2) is 42.5 Å². The zero-order valence-electron chi connectivity index (χ0n) is 21.7. The van der Waals surface area contributed by atoms with E-state index in [1.54, 1.807) is 11.9 Å². The van der Waals surface area contributed by atoms with Crippen molar-refractivity contribution in [2.75, 3.05) is 26.7 Å². The predicted molar refractivity (Wildman–Crippen MR) is 141 cm³/mol. The van der Waals surface area contributed by atoms with Crippen LogP contribution >= 0.6 is 0 Å². The van der Waals surface area contributed by atoms with E-state index in [0.717, 1.165) is 35.6 Å². The molecular formula is C28H40N4O4. The average molecular weight is 497 g/mol. The molecule has 2 aromatic rings. The van der Waals surface area contributed by atoms with Gasteiger partial charge in [-0.1, -0.05) is 56.3 Å². The van der Waals surface area contributed by atoms with E-state index in [-0.39, 0.29) is 24.3 Å². The van der Waals surface area contributed by atoms with Gasteiger partial charge in [-0.15, -0.1) is 0 Å². The third-order valence-corrected chi connectivity index (χ3v) is 7.16. The highest BCUT2D eigenvalue weighted by Crippen LogP contribution is 2.27. The molecule has 196 valence electrons. The monoisotopic (exact) mass is 496 g/mol. The second-order valence-corrected chi connectivity index (χ2v) is 9.58. The van der Waals surface area contributed by atoms with Gasteiger partial charge in [0.1, 0.15) is 12.2 Å². The smallest absolute Gasteiger partial charge is 0.243 e. The van der Waals surface area contributed by atoms with Gasteiger partial charge in [-0.05, 0) is 49.1 Å². The lowest BCUT2D eigenvalue weighted by Gasteiger charge is -2.38. The topological polar surface area (TPSA) is 102 Å². The first kappa shape index (κ1) is 27.6. The van der Waals surface area contributed by atoms with Crippen LogP contribution in [0.5, 0.6) is 0 Å².